The molecule has 2 heterocycles. The molecule has 0 fully saturated rings. The maximum absolute atomic E-state index is 12.4. The molecule has 0 radical (unpaired) electrons. The number of thiophene rings is 1. The van der Waals surface area contributed by atoms with E-state index in [4.69, 9.17) is 0 Å². The number of hydrogen-bond donors (Lipinski definition) is 2. The molecule has 21 heavy (non-hydrogen) atoms. The first-order valence-electron chi connectivity index (χ1n) is 6.65. The van der Waals surface area contributed by atoms with Gasteiger partial charge in [0.05, 0.1) is 17.3 Å². The van der Waals surface area contributed by atoms with Gasteiger partial charge < -0.3 is 15.5 Å². The van der Waals surface area contributed by atoms with Gasteiger partial charge in [0.2, 0.25) is 0 Å². The molecule has 0 aliphatic carbocycles. The lowest BCUT2D eigenvalue weighted by atomic mass is 10.1. The van der Waals surface area contributed by atoms with E-state index in [0.29, 0.717) is 12.1 Å². The van der Waals surface area contributed by atoms with Crippen LogP contribution in [0.1, 0.15) is 27.7 Å². The topological polar surface area (TPSA) is 57.3 Å². The monoisotopic (exact) mass is 324 g/mol. The Balaban J connectivity index is 2.07. The summed E-state index contributed by atoms with van der Waals surface area (Å²) >= 11 is 2.98. The van der Waals surface area contributed by atoms with E-state index in [2.05, 4.69) is 36.7 Å². The Morgan fingerprint density at radius 1 is 1.48 bits per heavy atom. The highest BCUT2D eigenvalue weighted by atomic mass is 32.1. The Morgan fingerprint density at radius 3 is 2.81 bits per heavy atom. The first kappa shape index (κ1) is 15.9. The maximum Gasteiger partial charge on any atom is 0.256 e. The first-order valence-corrected chi connectivity index (χ1v) is 8.37. The average Bonchev–Trinajstić information content (AvgIpc) is 3.07. The molecule has 5 nitrogen and oxygen atoms in total. The lowest BCUT2D eigenvalue weighted by Crippen LogP contribution is -2.34. The second-order valence-electron chi connectivity index (χ2n) is 4.97. The molecule has 0 saturated heterocycles. The van der Waals surface area contributed by atoms with Gasteiger partial charge in [0.15, 0.2) is 0 Å². The Kier molecular flexibility index (Phi) is 5.33. The molecule has 0 saturated carbocycles. The van der Waals surface area contributed by atoms with Gasteiger partial charge in [0, 0.05) is 13.6 Å². The van der Waals surface area contributed by atoms with Crippen molar-refractivity contribution >= 4 is 33.8 Å². The molecule has 1 atom stereocenters. The molecule has 0 bridgehead atoms. The predicted octanol–water partition coefficient (Wildman–Crippen LogP) is 2.59. The second-order valence-corrected chi connectivity index (χ2v) is 6.52. The summed E-state index contributed by atoms with van der Waals surface area (Å²) in [5.74, 6) is -0.0762. The standard InChI is InChI=1S/C14H20N4OS2/c1-9-12(14(15-2)21-17-9)13(19)16-7-11(18(3)4)10-5-6-20-8-10/h5-6,8,11,15H,7H2,1-4H3,(H,16,19)/t11-/m1/s1. The summed E-state index contributed by atoms with van der Waals surface area (Å²) in [4.78, 5) is 14.5. The Hall–Kier alpha value is -1.44. The van der Waals surface area contributed by atoms with Crippen molar-refractivity contribution in [1.82, 2.24) is 14.6 Å². The third-order valence-corrected chi connectivity index (χ3v) is 4.98. The molecule has 7 heteroatoms. The van der Waals surface area contributed by atoms with E-state index in [9.17, 15) is 4.79 Å². The summed E-state index contributed by atoms with van der Waals surface area (Å²) in [6.45, 7) is 2.43. The lowest BCUT2D eigenvalue weighted by Gasteiger charge is -2.24. The summed E-state index contributed by atoms with van der Waals surface area (Å²) in [6.07, 6.45) is 0. The number of carbonyl (C=O) groups is 1. The van der Waals surface area contributed by atoms with E-state index in [1.165, 1.54) is 17.1 Å². The fraction of sp³-hybridized carbons (Fsp3) is 0.429. The zero-order chi connectivity index (χ0) is 15.4. The summed E-state index contributed by atoms with van der Waals surface area (Å²) < 4.78 is 4.23. The van der Waals surface area contributed by atoms with E-state index >= 15 is 0 Å². The summed E-state index contributed by atoms with van der Waals surface area (Å²) in [5, 5.41) is 11.0. The van der Waals surface area contributed by atoms with Crippen LogP contribution in [0.5, 0.6) is 0 Å². The van der Waals surface area contributed by atoms with Crippen molar-refractivity contribution in [3.8, 4) is 0 Å². The first-order chi connectivity index (χ1) is 10.0. The van der Waals surface area contributed by atoms with Crippen LogP contribution in [0.15, 0.2) is 16.8 Å². The number of amides is 1. The van der Waals surface area contributed by atoms with Crippen molar-refractivity contribution in [1.29, 1.82) is 0 Å². The Morgan fingerprint density at radius 2 is 2.24 bits per heavy atom. The molecule has 0 aliphatic rings. The van der Waals surface area contributed by atoms with E-state index in [0.717, 1.165) is 10.7 Å². The van der Waals surface area contributed by atoms with Crippen LogP contribution in [0.2, 0.25) is 0 Å². The molecular weight excluding hydrogens is 304 g/mol. The number of aromatic nitrogens is 1. The molecule has 0 unspecified atom stereocenters. The van der Waals surface area contributed by atoms with E-state index in [-0.39, 0.29) is 11.9 Å². The van der Waals surface area contributed by atoms with Gasteiger partial charge in [-0.25, -0.2) is 0 Å². The number of anilines is 1. The molecule has 0 spiro atoms. The van der Waals surface area contributed by atoms with Gasteiger partial charge in [0.1, 0.15) is 5.00 Å². The smallest absolute Gasteiger partial charge is 0.256 e. The van der Waals surface area contributed by atoms with Crippen molar-refractivity contribution in [2.45, 2.75) is 13.0 Å². The van der Waals surface area contributed by atoms with Gasteiger partial charge in [-0.05, 0) is 54.9 Å². The fourth-order valence-corrected chi connectivity index (χ4v) is 3.60. The molecule has 2 aromatic rings. The molecule has 0 aromatic carbocycles. The second kappa shape index (κ2) is 7.02. The Labute approximate surface area is 133 Å². The van der Waals surface area contributed by atoms with Crippen LogP contribution in [-0.4, -0.2) is 42.9 Å². The summed E-state index contributed by atoms with van der Waals surface area (Å²) in [5.41, 5.74) is 2.63. The highest BCUT2D eigenvalue weighted by Crippen LogP contribution is 2.24. The van der Waals surface area contributed by atoms with Crippen LogP contribution in [0.25, 0.3) is 0 Å². The third-order valence-electron chi connectivity index (χ3n) is 3.32. The quantitative estimate of drug-likeness (QED) is 0.857. The number of hydrogen-bond acceptors (Lipinski definition) is 6. The molecular formula is C14H20N4OS2. The number of rotatable bonds is 6. The minimum absolute atomic E-state index is 0.0762. The minimum atomic E-state index is -0.0762. The number of nitrogens with one attached hydrogen (secondary N) is 2. The maximum atomic E-state index is 12.4. The van der Waals surface area contributed by atoms with Crippen molar-refractivity contribution in [2.75, 3.05) is 33.0 Å². The zero-order valence-electron chi connectivity index (χ0n) is 12.6. The van der Waals surface area contributed by atoms with Crippen molar-refractivity contribution in [3.63, 3.8) is 0 Å². The number of likely N-dealkylation sites (N-methyl/N-ethyl adjacent to an activating group) is 1. The van der Waals surface area contributed by atoms with E-state index in [1.807, 2.05) is 21.0 Å². The SMILES string of the molecule is CNc1snc(C)c1C(=O)NC[C@H](c1ccsc1)N(C)C. The van der Waals surface area contributed by atoms with Gasteiger partial charge in [-0.2, -0.15) is 15.7 Å². The number of nitrogens with zero attached hydrogens (tertiary/aromatic N) is 2. The molecule has 114 valence electrons. The predicted molar refractivity (Wildman–Crippen MR) is 89.5 cm³/mol. The van der Waals surface area contributed by atoms with Crippen LogP contribution >= 0.6 is 22.9 Å². The molecule has 2 rings (SSSR count). The molecule has 1 amide bonds. The van der Waals surface area contributed by atoms with E-state index < -0.39 is 0 Å². The fourth-order valence-electron chi connectivity index (χ4n) is 2.15. The van der Waals surface area contributed by atoms with Crippen LogP contribution in [0.3, 0.4) is 0 Å². The number of carbonyl (C=O) groups excluding carboxylic acids is 1. The zero-order valence-corrected chi connectivity index (χ0v) is 14.3. The van der Waals surface area contributed by atoms with Crippen LogP contribution in [0, 0.1) is 6.92 Å². The van der Waals surface area contributed by atoms with Crippen LogP contribution in [0.4, 0.5) is 5.00 Å². The normalized spacial score (nSPS) is 12.4. The summed E-state index contributed by atoms with van der Waals surface area (Å²) in [7, 11) is 5.84. The summed E-state index contributed by atoms with van der Waals surface area (Å²) in [6, 6.07) is 2.27. The average molecular weight is 324 g/mol. The van der Waals surface area contributed by atoms with Gasteiger partial charge in [-0.15, -0.1) is 0 Å². The van der Waals surface area contributed by atoms with Gasteiger partial charge in [0.25, 0.3) is 5.91 Å². The van der Waals surface area contributed by atoms with Crippen molar-refractivity contribution < 1.29 is 4.79 Å². The molecule has 0 aliphatic heterocycles. The highest BCUT2D eigenvalue weighted by molar-refractivity contribution is 7.10. The minimum Gasteiger partial charge on any atom is -0.378 e. The van der Waals surface area contributed by atoms with Gasteiger partial charge >= 0.3 is 0 Å². The van der Waals surface area contributed by atoms with Crippen LogP contribution < -0.4 is 10.6 Å². The van der Waals surface area contributed by atoms with Gasteiger partial charge in [-0.3, -0.25) is 4.79 Å². The Bertz CT molecular complexity index is 592. The lowest BCUT2D eigenvalue weighted by molar-refractivity contribution is 0.0942. The number of aryl methyl sites for hydroxylation is 1. The molecule has 2 N–H and O–H groups in total. The third kappa shape index (κ3) is 3.61. The largest absolute Gasteiger partial charge is 0.378 e. The van der Waals surface area contributed by atoms with Crippen molar-refractivity contribution in [2.24, 2.45) is 0 Å². The van der Waals surface area contributed by atoms with E-state index in [1.54, 1.807) is 18.4 Å². The molecule has 2 aromatic heterocycles. The van der Waals surface area contributed by atoms with Crippen LogP contribution in [-0.2, 0) is 0 Å². The van der Waals surface area contributed by atoms with Gasteiger partial charge in [-0.1, -0.05) is 0 Å². The van der Waals surface area contributed by atoms with Crippen molar-refractivity contribution in [3.05, 3.63) is 33.6 Å². The highest BCUT2D eigenvalue weighted by Gasteiger charge is 2.20.